The second kappa shape index (κ2) is 5.84. The minimum absolute atomic E-state index is 0.131. The molecule has 1 aromatic heterocycles. The van der Waals surface area contributed by atoms with Gasteiger partial charge in [0.1, 0.15) is 16.0 Å². The summed E-state index contributed by atoms with van der Waals surface area (Å²) in [5.41, 5.74) is 1.01. The number of phenolic OH excluding ortho intramolecular Hbond substituents is 1. The number of aromatic nitrogens is 1. The molecule has 1 N–H and O–H groups in total. The van der Waals surface area contributed by atoms with Crippen LogP contribution in [0.15, 0.2) is 47.1 Å². The number of nitrogens with zero attached hydrogens (tertiary/aromatic N) is 2. The largest absolute Gasteiger partial charge is 0.508 e. The highest BCUT2D eigenvalue weighted by Gasteiger charge is 2.17. The lowest BCUT2D eigenvalue weighted by Crippen LogP contribution is -2.31. The maximum atomic E-state index is 12.4. The quantitative estimate of drug-likeness (QED) is 0.883. The molecule has 0 saturated heterocycles. The van der Waals surface area contributed by atoms with Crippen molar-refractivity contribution in [3.05, 3.63) is 52.8 Å². The van der Waals surface area contributed by atoms with E-state index in [1.165, 1.54) is 0 Å². The Labute approximate surface area is 119 Å². The molecule has 0 atom stereocenters. The number of benzene rings is 1. The number of halogens is 1. The summed E-state index contributed by atoms with van der Waals surface area (Å²) < 4.78 is 0.616. The Morgan fingerprint density at radius 1 is 1.32 bits per heavy atom. The molecule has 0 bridgehead atoms. The first kappa shape index (κ1) is 13.5. The zero-order chi connectivity index (χ0) is 13.8. The first-order valence-corrected chi connectivity index (χ1v) is 6.64. The summed E-state index contributed by atoms with van der Waals surface area (Å²) in [6.45, 7) is 2.37. The smallest absolute Gasteiger partial charge is 0.276 e. The van der Waals surface area contributed by atoms with E-state index in [4.69, 9.17) is 0 Å². The van der Waals surface area contributed by atoms with E-state index < -0.39 is 0 Å². The predicted molar refractivity (Wildman–Crippen MR) is 77.4 cm³/mol. The van der Waals surface area contributed by atoms with E-state index in [1.54, 1.807) is 47.4 Å². The van der Waals surface area contributed by atoms with Gasteiger partial charge in [0.15, 0.2) is 0 Å². The van der Waals surface area contributed by atoms with E-state index in [0.717, 1.165) is 0 Å². The SMILES string of the molecule is CCN(C(=O)c1cccc(Br)n1)c1cccc(O)c1. The van der Waals surface area contributed by atoms with Gasteiger partial charge in [-0.2, -0.15) is 0 Å². The van der Waals surface area contributed by atoms with Crippen LogP contribution >= 0.6 is 15.9 Å². The van der Waals surface area contributed by atoms with Crippen molar-refractivity contribution in [1.82, 2.24) is 4.98 Å². The number of anilines is 1. The molecular weight excluding hydrogens is 308 g/mol. The molecule has 0 unspecified atom stereocenters. The molecule has 5 heteroatoms. The van der Waals surface area contributed by atoms with Crippen LogP contribution in [0.5, 0.6) is 5.75 Å². The van der Waals surface area contributed by atoms with E-state index in [-0.39, 0.29) is 11.7 Å². The summed E-state index contributed by atoms with van der Waals surface area (Å²) in [4.78, 5) is 18.1. The molecule has 0 saturated carbocycles. The highest BCUT2D eigenvalue weighted by molar-refractivity contribution is 9.10. The Morgan fingerprint density at radius 3 is 2.68 bits per heavy atom. The third-order valence-corrected chi connectivity index (χ3v) is 3.08. The van der Waals surface area contributed by atoms with Crippen molar-refractivity contribution < 1.29 is 9.90 Å². The number of pyridine rings is 1. The van der Waals surface area contributed by atoms with Crippen molar-refractivity contribution in [3.8, 4) is 5.75 Å². The number of aromatic hydroxyl groups is 1. The summed E-state index contributed by atoms with van der Waals surface area (Å²) in [7, 11) is 0. The summed E-state index contributed by atoms with van der Waals surface area (Å²) in [6.07, 6.45) is 0. The van der Waals surface area contributed by atoms with Crippen LogP contribution in [-0.2, 0) is 0 Å². The molecular formula is C14H13BrN2O2. The van der Waals surface area contributed by atoms with Crippen LogP contribution in [0.1, 0.15) is 17.4 Å². The Bertz CT molecular complexity index is 602. The minimum Gasteiger partial charge on any atom is -0.508 e. The molecule has 1 aromatic carbocycles. The third-order valence-electron chi connectivity index (χ3n) is 2.64. The molecule has 4 nitrogen and oxygen atoms in total. The number of rotatable bonds is 3. The van der Waals surface area contributed by atoms with Crippen LogP contribution in [0.2, 0.25) is 0 Å². The predicted octanol–water partition coefficient (Wildman–Crippen LogP) is 3.22. The third kappa shape index (κ3) is 3.12. The van der Waals surface area contributed by atoms with Crippen LogP contribution in [0.3, 0.4) is 0 Å². The van der Waals surface area contributed by atoms with Crippen LogP contribution in [0, 0.1) is 0 Å². The number of hydrogen-bond donors (Lipinski definition) is 1. The number of amides is 1. The zero-order valence-electron chi connectivity index (χ0n) is 10.4. The number of carbonyl (C=O) groups excluding carboxylic acids is 1. The summed E-state index contributed by atoms with van der Waals surface area (Å²) >= 11 is 3.25. The van der Waals surface area contributed by atoms with Gasteiger partial charge in [-0.15, -0.1) is 0 Å². The molecule has 0 spiro atoms. The Balaban J connectivity index is 2.34. The van der Waals surface area contributed by atoms with Gasteiger partial charge in [-0.1, -0.05) is 12.1 Å². The average Bonchev–Trinajstić information content (AvgIpc) is 2.39. The van der Waals surface area contributed by atoms with Gasteiger partial charge in [0.2, 0.25) is 0 Å². The number of phenols is 1. The summed E-state index contributed by atoms with van der Waals surface area (Å²) in [5, 5.41) is 9.49. The van der Waals surface area contributed by atoms with Crippen LogP contribution < -0.4 is 4.90 Å². The molecule has 0 radical (unpaired) electrons. The molecule has 0 aliphatic heterocycles. The Hall–Kier alpha value is -1.88. The van der Waals surface area contributed by atoms with Crippen LogP contribution in [0.25, 0.3) is 0 Å². The summed E-state index contributed by atoms with van der Waals surface area (Å²) in [5.74, 6) is -0.0691. The van der Waals surface area contributed by atoms with Gasteiger partial charge in [-0.05, 0) is 47.1 Å². The summed E-state index contributed by atoms with van der Waals surface area (Å²) in [6, 6.07) is 11.8. The molecule has 1 heterocycles. The van der Waals surface area contributed by atoms with Crippen molar-refractivity contribution in [2.24, 2.45) is 0 Å². The standard InChI is InChI=1S/C14H13BrN2O2/c1-2-17(10-5-3-6-11(18)9-10)14(19)12-7-4-8-13(15)16-12/h3-9,18H,2H2,1H3. The number of hydrogen-bond acceptors (Lipinski definition) is 3. The van der Waals surface area contributed by atoms with Gasteiger partial charge < -0.3 is 10.0 Å². The molecule has 0 fully saturated rings. The lowest BCUT2D eigenvalue weighted by atomic mass is 10.2. The second-order valence-electron chi connectivity index (χ2n) is 3.91. The molecule has 0 aliphatic carbocycles. The lowest BCUT2D eigenvalue weighted by molar-refractivity contribution is 0.0983. The van der Waals surface area contributed by atoms with Gasteiger partial charge in [0.25, 0.3) is 5.91 Å². The molecule has 2 rings (SSSR count). The van der Waals surface area contributed by atoms with E-state index in [1.807, 2.05) is 6.92 Å². The minimum atomic E-state index is -0.200. The molecule has 0 aliphatic rings. The maximum absolute atomic E-state index is 12.4. The van der Waals surface area contributed by atoms with E-state index in [2.05, 4.69) is 20.9 Å². The molecule has 98 valence electrons. The van der Waals surface area contributed by atoms with Gasteiger partial charge in [0.05, 0.1) is 0 Å². The van der Waals surface area contributed by atoms with Crippen molar-refractivity contribution >= 4 is 27.5 Å². The average molecular weight is 321 g/mol. The lowest BCUT2D eigenvalue weighted by Gasteiger charge is -2.20. The Kier molecular flexibility index (Phi) is 4.16. The monoisotopic (exact) mass is 320 g/mol. The van der Waals surface area contributed by atoms with Gasteiger partial charge in [0, 0.05) is 18.3 Å². The van der Waals surface area contributed by atoms with E-state index in [0.29, 0.717) is 22.5 Å². The van der Waals surface area contributed by atoms with Crippen LogP contribution in [-0.4, -0.2) is 22.5 Å². The van der Waals surface area contributed by atoms with Gasteiger partial charge in [-0.25, -0.2) is 4.98 Å². The van der Waals surface area contributed by atoms with E-state index in [9.17, 15) is 9.90 Å². The molecule has 19 heavy (non-hydrogen) atoms. The molecule has 2 aromatic rings. The number of carbonyl (C=O) groups is 1. The highest BCUT2D eigenvalue weighted by Crippen LogP contribution is 2.21. The van der Waals surface area contributed by atoms with Crippen molar-refractivity contribution in [3.63, 3.8) is 0 Å². The fourth-order valence-corrected chi connectivity index (χ4v) is 2.11. The fraction of sp³-hybridized carbons (Fsp3) is 0.143. The first-order valence-electron chi connectivity index (χ1n) is 5.85. The van der Waals surface area contributed by atoms with Crippen molar-refractivity contribution in [1.29, 1.82) is 0 Å². The molecule has 1 amide bonds. The van der Waals surface area contributed by atoms with Gasteiger partial charge in [-0.3, -0.25) is 4.79 Å². The second-order valence-corrected chi connectivity index (χ2v) is 4.73. The first-order chi connectivity index (χ1) is 9.11. The highest BCUT2D eigenvalue weighted by atomic mass is 79.9. The van der Waals surface area contributed by atoms with Crippen molar-refractivity contribution in [2.45, 2.75) is 6.92 Å². The fourth-order valence-electron chi connectivity index (χ4n) is 1.77. The van der Waals surface area contributed by atoms with Gasteiger partial charge >= 0.3 is 0 Å². The normalized spacial score (nSPS) is 10.2. The maximum Gasteiger partial charge on any atom is 0.276 e. The van der Waals surface area contributed by atoms with Crippen molar-refractivity contribution in [2.75, 3.05) is 11.4 Å². The van der Waals surface area contributed by atoms with Crippen LogP contribution in [0.4, 0.5) is 5.69 Å². The topological polar surface area (TPSA) is 53.4 Å². The Morgan fingerprint density at radius 2 is 2.05 bits per heavy atom. The zero-order valence-corrected chi connectivity index (χ0v) is 12.0. The van der Waals surface area contributed by atoms with E-state index >= 15 is 0 Å².